The molecular weight excluding hydrogens is 642 g/mol. The molecule has 3 aromatic heterocycles. The Morgan fingerprint density at radius 1 is 1.07 bits per heavy atom. The summed E-state index contributed by atoms with van der Waals surface area (Å²) in [5, 5.41) is 18.8. The minimum absolute atomic E-state index is 0.0166. The molecule has 2 atom stereocenters. The van der Waals surface area contributed by atoms with E-state index in [0.29, 0.717) is 39.2 Å². The second kappa shape index (κ2) is 12.6. The zero-order valence-electron chi connectivity index (χ0n) is 24.7. The van der Waals surface area contributed by atoms with Gasteiger partial charge in [-0.1, -0.05) is 25.7 Å². The van der Waals surface area contributed by atoms with Crippen LogP contribution in [0.1, 0.15) is 24.5 Å². The van der Waals surface area contributed by atoms with Crippen molar-refractivity contribution in [2.24, 2.45) is 0 Å². The van der Waals surface area contributed by atoms with E-state index in [9.17, 15) is 13.5 Å². The molecule has 3 heterocycles. The number of furan rings is 1. The normalized spacial score (nSPS) is 13.5. The van der Waals surface area contributed by atoms with Gasteiger partial charge in [-0.25, -0.2) is 12.7 Å². The first-order valence-electron chi connectivity index (χ1n) is 13.3. The molecule has 226 valence electrons. The Balaban J connectivity index is 1.96. The van der Waals surface area contributed by atoms with E-state index in [4.69, 9.17) is 13.9 Å². The van der Waals surface area contributed by atoms with Gasteiger partial charge in [0.05, 0.1) is 19.9 Å². The summed E-state index contributed by atoms with van der Waals surface area (Å²) in [6.07, 6.45) is 0.116. The zero-order chi connectivity index (χ0) is 30.8. The van der Waals surface area contributed by atoms with Crippen molar-refractivity contribution in [3.8, 4) is 28.8 Å². The molecule has 4 rings (SSSR count). The van der Waals surface area contributed by atoms with Crippen molar-refractivity contribution in [3.05, 3.63) is 64.6 Å². The molecule has 0 aliphatic heterocycles. The Bertz CT molecular complexity index is 1610. The molecule has 2 unspecified atom stereocenters. The molecule has 0 amide bonds. The maximum absolute atomic E-state index is 14.4. The number of aryl methyl sites for hydroxylation is 1. The van der Waals surface area contributed by atoms with Crippen LogP contribution in [0.25, 0.3) is 17.3 Å². The topological polar surface area (TPSA) is 133 Å². The van der Waals surface area contributed by atoms with Gasteiger partial charge in [0, 0.05) is 25.3 Å². The van der Waals surface area contributed by atoms with Gasteiger partial charge in [-0.2, -0.15) is 0 Å². The fraction of sp³-hybridized carbons (Fsp3) is 0.393. The number of pyridine rings is 1. The summed E-state index contributed by atoms with van der Waals surface area (Å²) in [6.45, 7) is 9.87. The van der Waals surface area contributed by atoms with Crippen molar-refractivity contribution in [3.63, 3.8) is 0 Å². The molecule has 0 aliphatic rings. The van der Waals surface area contributed by atoms with Crippen molar-refractivity contribution in [2.75, 3.05) is 25.1 Å². The van der Waals surface area contributed by atoms with Crippen molar-refractivity contribution in [1.29, 1.82) is 0 Å². The first-order valence-corrected chi connectivity index (χ1v) is 19.3. The van der Waals surface area contributed by atoms with E-state index in [0.717, 1.165) is 0 Å². The number of methoxy groups -OCH3 is 2. The predicted octanol–water partition coefficient (Wildman–Crippen LogP) is 5.61. The summed E-state index contributed by atoms with van der Waals surface area (Å²) < 4.78 is 49.7. The number of benzene rings is 1. The second-order valence-corrected chi connectivity index (χ2v) is 19.8. The molecule has 11 nitrogen and oxygen atoms in total. The smallest absolute Gasteiger partial charge is 0.246 e. The lowest BCUT2D eigenvalue weighted by atomic mass is 10.2. The molecular formula is C28H36BrN5O6SSi. The van der Waals surface area contributed by atoms with Crippen LogP contribution in [0.4, 0.5) is 5.95 Å². The highest BCUT2D eigenvalue weighted by Gasteiger charge is 2.40. The van der Waals surface area contributed by atoms with Gasteiger partial charge in [0.25, 0.3) is 0 Å². The van der Waals surface area contributed by atoms with Gasteiger partial charge < -0.3 is 19.0 Å². The van der Waals surface area contributed by atoms with Gasteiger partial charge in [-0.05, 0) is 72.2 Å². The Morgan fingerprint density at radius 3 is 2.26 bits per heavy atom. The van der Waals surface area contributed by atoms with Crippen LogP contribution in [0.15, 0.2) is 57.6 Å². The van der Waals surface area contributed by atoms with Crippen molar-refractivity contribution < 1.29 is 27.4 Å². The van der Waals surface area contributed by atoms with E-state index < -0.39 is 29.5 Å². The van der Waals surface area contributed by atoms with Crippen LogP contribution in [0, 0.1) is 6.92 Å². The molecule has 0 aliphatic carbocycles. The van der Waals surface area contributed by atoms with Crippen LogP contribution >= 0.6 is 15.9 Å². The Hall–Kier alpha value is -3.20. The number of para-hydroxylation sites is 1. The number of aliphatic hydroxyl groups is 1. The summed E-state index contributed by atoms with van der Waals surface area (Å²) in [7, 11) is -2.98. The molecule has 0 saturated carbocycles. The monoisotopic (exact) mass is 677 g/mol. The van der Waals surface area contributed by atoms with Crippen LogP contribution in [-0.4, -0.2) is 67.4 Å². The van der Waals surface area contributed by atoms with Crippen LogP contribution in [0.5, 0.6) is 11.5 Å². The lowest BCUT2D eigenvalue weighted by Gasteiger charge is -2.31. The Morgan fingerprint density at radius 2 is 1.74 bits per heavy atom. The lowest BCUT2D eigenvalue weighted by Crippen LogP contribution is -2.44. The van der Waals surface area contributed by atoms with Crippen molar-refractivity contribution in [1.82, 2.24) is 19.7 Å². The van der Waals surface area contributed by atoms with Crippen molar-refractivity contribution >= 4 is 40.0 Å². The van der Waals surface area contributed by atoms with E-state index in [1.807, 2.05) is 0 Å². The summed E-state index contributed by atoms with van der Waals surface area (Å²) in [4.78, 5) is 4.24. The van der Waals surface area contributed by atoms with E-state index in [1.54, 1.807) is 54.0 Å². The molecule has 4 aromatic rings. The number of sulfonamides is 1. The maximum Gasteiger partial charge on any atom is 0.246 e. The van der Waals surface area contributed by atoms with E-state index >= 15 is 0 Å². The summed E-state index contributed by atoms with van der Waals surface area (Å²) >= 11 is 3.33. The largest absolute Gasteiger partial charge is 0.494 e. The molecule has 0 radical (unpaired) electrons. The third-order valence-electron chi connectivity index (χ3n) is 6.80. The third-order valence-corrected chi connectivity index (χ3v) is 11.1. The first-order chi connectivity index (χ1) is 19.8. The first kappa shape index (κ1) is 31.7. The van der Waals surface area contributed by atoms with Crippen LogP contribution in [0.3, 0.4) is 0 Å². The highest BCUT2D eigenvalue weighted by molar-refractivity contribution is 9.10. The number of nitrogens with zero attached hydrogens (tertiary/aromatic N) is 5. The van der Waals surface area contributed by atoms with Gasteiger partial charge in [-0.3, -0.25) is 9.55 Å². The molecule has 1 N–H and O–H groups in total. The predicted molar refractivity (Wildman–Crippen MR) is 168 cm³/mol. The average molecular weight is 679 g/mol. The standard InChI is InChI=1S/C28H36BrN5O6SSi/c1-18-11-14-24(40-18)27-31-32-28(34(27)25-22(38-3)9-8-10-23(25)39-4)33(15-16-42(5,6)7)41(36,37)19(2)26(35)21-13-12-20(29)17-30-21/h8-14,17,19,26,35H,15-16H2,1-7H3. The number of rotatable bonds is 12. The number of anilines is 1. The lowest BCUT2D eigenvalue weighted by molar-refractivity contribution is 0.171. The molecule has 14 heteroatoms. The number of ether oxygens (including phenoxy) is 2. The molecule has 0 bridgehead atoms. The number of hydrogen-bond donors (Lipinski definition) is 1. The van der Waals surface area contributed by atoms with Crippen LogP contribution in [-0.2, 0) is 10.0 Å². The van der Waals surface area contributed by atoms with Gasteiger partial charge >= 0.3 is 0 Å². The molecule has 0 spiro atoms. The van der Waals surface area contributed by atoms with E-state index in [-0.39, 0.29) is 24.0 Å². The van der Waals surface area contributed by atoms with Gasteiger partial charge in [0.15, 0.2) is 5.76 Å². The maximum atomic E-state index is 14.4. The van der Waals surface area contributed by atoms with Gasteiger partial charge in [-0.15, -0.1) is 10.2 Å². The SMILES string of the molecule is COc1cccc(OC)c1-n1c(-c2ccc(C)o2)nnc1N(CC[Si](C)(C)C)S(=O)(=O)C(C)C(O)c1ccc(Br)cn1. The Kier molecular flexibility index (Phi) is 9.50. The zero-order valence-corrected chi connectivity index (χ0v) is 28.1. The second-order valence-electron chi connectivity index (χ2n) is 11.1. The van der Waals surface area contributed by atoms with Crippen LogP contribution < -0.4 is 13.8 Å². The molecule has 0 fully saturated rings. The Labute approximate surface area is 255 Å². The summed E-state index contributed by atoms with van der Waals surface area (Å²) in [6, 6.07) is 12.7. The summed E-state index contributed by atoms with van der Waals surface area (Å²) in [5.74, 6) is 2.13. The number of aliphatic hydroxyl groups excluding tert-OH is 1. The number of hydrogen-bond acceptors (Lipinski definition) is 9. The minimum Gasteiger partial charge on any atom is -0.494 e. The highest BCUT2D eigenvalue weighted by atomic mass is 79.9. The van der Waals surface area contributed by atoms with E-state index in [2.05, 4.69) is 50.8 Å². The van der Waals surface area contributed by atoms with Crippen LogP contribution in [0.2, 0.25) is 25.7 Å². The average Bonchev–Trinajstić information content (AvgIpc) is 3.57. The molecule has 1 aromatic carbocycles. The number of halogens is 1. The molecule has 0 saturated heterocycles. The fourth-order valence-corrected chi connectivity index (χ4v) is 7.20. The fourth-order valence-electron chi connectivity index (χ4n) is 4.35. The molecule has 42 heavy (non-hydrogen) atoms. The quantitative estimate of drug-likeness (QED) is 0.190. The van der Waals surface area contributed by atoms with Crippen molar-refractivity contribution in [2.45, 2.75) is 50.9 Å². The highest BCUT2D eigenvalue weighted by Crippen LogP contribution is 2.40. The van der Waals surface area contributed by atoms with Gasteiger partial charge in [0.2, 0.25) is 21.8 Å². The van der Waals surface area contributed by atoms with Gasteiger partial charge in [0.1, 0.15) is 34.3 Å². The third kappa shape index (κ3) is 6.56. The minimum atomic E-state index is -4.25. The number of aromatic nitrogens is 4. The summed E-state index contributed by atoms with van der Waals surface area (Å²) in [5.41, 5.74) is 0.640. The van der Waals surface area contributed by atoms with E-state index in [1.165, 1.54) is 31.6 Å².